The van der Waals surface area contributed by atoms with Gasteiger partial charge in [-0.25, -0.2) is 19.6 Å². The van der Waals surface area contributed by atoms with E-state index in [1.807, 2.05) is 59.0 Å². The SMILES string of the molecule is COC(=O)c1ccc(NC(=O)c2cc(C)cn2Cc2csc(Br)n2)cc1.COC(=O)c1ccc(NC(=O)c2cc(C)cn2Cc2csc(C3=CCCCC3)n2)cc1.OB(O)C1=CCCCC1. The van der Waals surface area contributed by atoms with E-state index in [0.29, 0.717) is 47.0 Å². The number of thiazole rings is 2. The van der Waals surface area contributed by atoms with Crippen molar-refractivity contribution in [2.75, 3.05) is 24.9 Å². The van der Waals surface area contributed by atoms with E-state index >= 15 is 0 Å². The van der Waals surface area contributed by atoms with Gasteiger partial charge in [0.15, 0.2) is 3.92 Å². The lowest BCUT2D eigenvalue weighted by Gasteiger charge is -2.10. The minimum atomic E-state index is -1.20. The van der Waals surface area contributed by atoms with E-state index in [1.165, 1.54) is 50.4 Å². The van der Waals surface area contributed by atoms with Crippen LogP contribution in [0.5, 0.6) is 0 Å². The minimum Gasteiger partial charge on any atom is -0.465 e. The van der Waals surface area contributed by atoms with Crippen LogP contribution in [0.25, 0.3) is 5.57 Å². The van der Waals surface area contributed by atoms with Crippen molar-refractivity contribution < 1.29 is 38.7 Å². The number of anilines is 2. The van der Waals surface area contributed by atoms with Crippen LogP contribution in [0.4, 0.5) is 11.4 Å². The lowest BCUT2D eigenvalue weighted by atomic mass is 9.74. The summed E-state index contributed by atoms with van der Waals surface area (Å²) in [6, 6.07) is 16.9. The van der Waals surface area contributed by atoms with Crippen molar-refractivity contribution >= 4 is 86.4 Å². The molecule has 0 fully saturated rings. The molecule has 0 bridgehead atoms. The largest absolute Gasteiger partial charge is 0.483 e. The van der Waals surface area contributed by atoms with Crippen LogP contribution < -0.4 is 10.6 Å². The number of halogens is 1. The summed E-state index contributed by atoms with van der Waals surface area (Å²) >= 11 is 6.53. The van der Waals surface area contributed by atoms with Gasteiger partial charge in [0.1, 0.15) is 16.4 Å². The Morgan fingerprint density at radius 1 is 0.697 bits per heavy atom. The Labute approximate surface area is 400 Å². The van der Waals surface area contributed by atoms with E-state index in [4.69, 9.17) is 19.8 Å². The van der Waals surface area contributed by atoms with Crippen molar-refractivity contribution in [3.63, 3.8) is 0 Å². The van der Waals surface area contributed by atoms with Gasteiger partial charge in [-0.1, -0.05) is 12.2 Å². The first-order chi connectivity index (χ1) is 31.8. The highest BCUT2D eigenvalue weighted by atomic mass is 79.9. The molecule has 2 aromatic carbocycles. The molecule has 2 aliphatic rings. The molecule has 0 spiro atoms. The lowest BCUT2D eigenvalue weighted by Crippen LogP contribution is -2.17. The number of aryl methyl sites for hydroxylation is 2. The molecule has 2 amide bonds. The van der Waals surface area contributed by atoms with Crippen molar-refractivity contribution in [1.29, 1.82) is 0 Å². The summed E-state index contributed by atoms with van der Waals surface area (Å²) < 4.78 is 14.0. The Morgan fingerprint density at radius 2 is 1.18 bits per heavy atom. The van der Waals surface area contributed by atoms with Crippen molar-refractivity contribution in [2.24, 2.45) is 0 Å². The summed E-state index contributed by atoms with van der Waals surface area (Å²) in [5.74, 6) is -1.25. The standard InChI is InChI=1S/C24H25N3O3S.C18H16BrN3O3S.C6H11BO2/c1-16-12-21(22(28)25-19-10-8-18(9-11-19)24(29)30-2)27(13-16)14-20-15-31-23(26-20)17-6-4-3-5-7-17;1-11-7-15(22(8-11)9-14-10-26-18(19)21-14)16(23)20-13-5-3-12(4-6-13)17(24)25-2;8-7(9)6-4-2-1-3-5-6/h6,8-13,15H,3-5,7,14H2,1-2H3,(H,25,28);3-8,10H,9H2,1-2H3,(H,20,23);4,8-9H,1-3,5H2. The molecule has 18 heteroatoms. The van der Waals surface area contributed by atoms with E-state index in [0.717, 1.165) is 69.0 Å². The molecule has 14 nitrogen and oxygen atoms in total. The van der Waals surface area contributed by atoms with E-state index in [2.05, 4.69) is 47.7 Å². The number of rotatable bonds is 12. The fourth-order valence-corrected chi connectivity index (χ4v) is 9.24. The molecule has 0 unspecified atom stereocenters. The van der Waals surface area contributed by atoms with Crippen LogP contribution in [0.1, 0.15) is 121 Å². The van der Waals surface area contributed by atoms with Crippen LogP contribution >= 0.6 is 38.6 Å². The number of esters is 2. The van der Waals surface area contributed by atoms with Gasteiger partial charge in [-0.05, 0) is 164 Å². The maximum absolute atomic E-state index is 12.9. The molecule has 0 radical (unpaired) electrons. The minimum absolute atomic E-state index is 0.204. The molecule has 4 N–H and O–H groups in total. The number of ether oxygens (including phenoxy) is 2. The summed E-state index contributed by atoms with van der Waals surface area (Å²) in [5.41, 5.74) is 9.18. The van der Waals surface area contributed by atoms with E-state index in [-0.39, 0.29) is 11.8 Å². The average molecular weight is 996 g/mol. The van der Waals surface area contributed by atoms with E-state index in [9.17, 15) is 19.2 Å². The van der Waals surface area contributed by atoms with Gasteiger partial charge in [-0.3, -0.25) is 9.59 Å². The third-order valence-corrected chi connectivity index (χ3v) is 13.0. The summed E-state index contributed by atoms with van der Waals surface area (Å²) in [6.07, 6.45) is 17.0. The Balaban J connectivity index is 0.000000186. The number of hydrogen-bond donors (Lipinski definition) is 4. The molecule has 6 aromatic rings. The number of carbonyl (C=O) groups is 4. The molecular weight excluding hydrogens is 943 g/mol. The van der Waals surface area contributed by atoms with Crippen LogP contribution in [-0.2, 0) is 22.6 Å². The van der Waals surface area contributed by atoms with E-state index < -0.39 is 19.1 Å². The topological polar surface area (TPSA) is 187 Å². The number of aromatic nitrogens is 4. The molecule has 4 aromatic heterocycles. The molecule has 0 saturated heterocycles. The molecule has 344 valence electrons. The predicted molar refractivity (Wildman–Crippen MR) is 263 cm³/mol. The zero-order valence-corrected chi connectivity index (χ0v) is 40.4. The Hall–Kier alpha value is -5.92. The Kier molecular flexibility index (Phi) is 18.0. The molecule has 0 aliphatic heterocycles. The second-order valence-corrected chi connectivity index (χ2v) is 18.7. The van der Waals surface area contributed by atoms with Gasteiger partial charge >= 0.3 is 19.1 Å². The predicted octanol–water partition coefficient (Wildman–Crippen LogP) is 9.90. The number of nitrogens with one attached hydrogen (secondary N) is 2. The van der Waals surface area contributed by atoms with Crippen LogP contribution in [0.3, 0.4) is 0 Å². The number of benzene rings is 2. The van der Waals surface area contributed by atoms with Gasteiger partial charge in [0.05, 0.1) is 49.8 Å². The van der Waals surface area contributed by atoms with Gasteiger partial charge in [-0.2, -0.15) is 0 Å². The van der Waals surface area contributed by atoms with Crippen LogP contribution in [-0.4, -0.2) is 74.2 Å². The highest BCUT2D eigenvalue weighted by Crippen LogP contribution is 2.29. The number of amides is 2. The first-order valence-corrected chi connectivity index (χ1v) is 24.0. The first-order valence-electron chi connectivity index (χ1n) is 21.4. The second kappa shape index (κ2) is 24.0. The third-order valence-electron chi connectivity index (χ3n) is 10.6. The maximum atomic E-state index is 12.9. The zero-order valence-electron chi connectivity index (χ0n) is 37.2. The van der Waals surface area contributed by atoms with Gasteiger partial charge in [0.2, 0.25) is 0 Å². The van der Waals surface area contributed by atoms with Crippen molar-refractivity contribution in [1.82, 2.24) is 19.1 Å². The van der Waals surface area contributed by atoms with Crippen LogP contribution in [0.15, 0.2) is 105 Å². The zero-order chi connectivity index (χ0) is 47.2. The first kappa shape index (κ1) is 49.5. The summed E-state index contributed by atoms with van der Waals surface area (Å²) in [5, 5.41) is 28.2. The van der Waals surface area contributed by atoms with E-state index in [1.54, 1.807) is 59.9 Å². The number of hydrogen-bond acceptors (Lipinski definition) is 12. The fraction of sp³-hybridized carbons (Fsp3) is 0.292. The van der Waals surface area contributed by atoms with Gasteiger partial charge in [-0.15, -0.1) is 22.7 Å². The average Bonchev–Trinajstić information content (AvgIpc) is 4.15. The summed E-state index contributed by atoms with van der Waals surface area (Å²) in [6.45, 7) is 4.97. The van der Waals surface area contributed by atoms with Gasteiger partial charge in [0.25, 0.3) is 11.8 Å². The van der Waals surface area contributed by atoms with Gasteiger partial charge < -0.3 is 39.3 Å². The van der Waals surface area contributed by atoms with Crippen molar-refractivity contribution in [2.45, 2.75) is 78.3 Å². The fourth-order valence-electron chi connectivity index (χ4n) is 7.32. The lowest BCUT2D eigenvalue weighted by molar-refractivity contribution is 0.0592. The molecule has 4 heterocycles. The summed E-state index contributed by atoms with van der Waals surface area (Å²) in [7, 11) is 1.46. The Bertz CT molecular complexity index is 2680. The van der Waals surface area contributed by atoms with Crippen molar-refractivity contribution in [3.05, 3.63) is 155 Å². The highest BCUT2D eigenvalue weighted by Gasteiger charge is 2.18. The van der Waals surface area contributed by atoms with Crippen LogP contribution in [0.2, 0.25) is 0 Å². The normalized spacial score (nSPS) is 13.1. The number of allylic oxidation sites excluding steroid dienone is 4. The Morgan fingerprint density at radius 3 is 1.59 bits per heavy atom. The van der Waals surface area contributed by atoms with Crippen molar-refractivity contribution in [3.8, 4) is 0 Å². The summed E-state index contributed by atoms with van der Waals surface area (Å²) in [4.78, 5) is 57.8. The van der Waals surface area contributed by atoms with Gasteiger partial charge in [0, 0.05) is 34.5 Å². The molecule has 2 aliphatic carbocycles. The molecule has 0 saturated carbocycles. The molecule has 8 rings (SSSR count). The maximum Gasteiger partial charge on any atom is 0.483 e. The second-order valence-electron chi connectivity index (χ2n) is 15.7. The molecule has 66 heavy (non-hydrogen) atoms. The molecule has 0 atom stereocenters. The third kappa shape index (κ3) is 14.0. The van der Waals surface area contributed by atoms with Crippen LogP contribution in [0, 0.1) is 13.8 Å². The quantitative estimate of drug-likeness (QED) is 0.0679. The monoisotopic (exact) mass is 994 g/mol. The number of nitrogens with zero attached hydrogens (tertiary/aromatic N) is 4. The number of carbonyl (C=O) groups excluding carboxylic acids is 4. The molecular formula is C48H52BBrN6O8S2. The smallest absolute Gasteiger partial charge is 0.465 e. The number of methoxy groups -OCH3 is 2. The highest BCUT2D eigenvalue weighted by molar-refractivity contribution is 9.11.